The van der Waals surface area contributed by atoms with Gasteiger partial charge in [0.25, 0.3) is 0 Å². The molecule has 1 aliphatic heterocycles. The van der Waals surface area contributed by atoms with E-state index in [2.05, 4.69) is 10.6 Å². The molecule has 2 aliphatic rings. The zero-order valence-corrected chi connectivity index (χ0v) is 15.1. The van der Waals surface area contributed by atoms with Crippen LogP contribution in [0.5, 0.6) is 0 Å². The zero-order chi connectivity index (χ0) is 17.7. The van der Waals surface area contributed by atoms with E-state index in [1.165, 1.54) is 22.9 Å². The number of urea groups is 1. The van der Waals surface area contributed by atoms with Crippen LogP contribution in [0.3, 0.4) is 0 Å². The third kappa shape index (κ3) is 4.71. The number of benzene rings is 1. The van der Waals surface area contributed by atoms with Crippen molar-refractivity contribution in [3.63, 3.8) is 0 Å². The van der Waals surface area contributed by atoms with Crippen molar-refractivity contribution in [3.8, 4) is 0 Å². The van der Waals surface area contributed by atoms with Crippen LogP contribution < -0.4 is 10.6 Å². The highest BCUT2D eigenvalue weighted by atomic mass is 32.2. The molecule has 1 aliphatic carbocycles. The Morgan fingerprint density at radius 2 is 1.68 bits per heavy atom. The lowest BCUT2D eigenvalue weighted by atomic mass is 9.96. The fourth-order valence-electron chi connectivity index (χ4n) is 3.25. The molecule has 0 radical (unpaired) electrons. The number of amides is 2. The summed E-state index contributed by atoms with van der Waals surface area (Å²) in [6.45, 7) is 1.57. The van der Waals surface area contributed by atoms with Crippen LogP contribution in [0.25, 0.3) is 0 Å². The fourth-order valence-corrected chi connectivity index (χ4v) is 4.65. The Labute approximate surface area is 148 Å². The largest absolute Gasteiger partial charge is 0.379 e. The lowest BCUT2D eigenvalue weighted by molar-refractivity contribution is 0.0730. The second kappa shape index (κ2) is 8.16. The van der Waals surface area contributed by atoms with Gasteiger partial charge in [0.1, 0.15) is 0 Å². The number of nitrogens with one attached hydrogen (secondary N) is 2. The topological polar surface area (TPSA) is 87.7 Å². The standard InChI is InChI=1S/C17H25N3O4S/c21-17(18-14-4-2-1-3-5-14)19-15-6-8-16(9-7-15)25(22,23)20-10-12-24-13-11-20/h6-9,14H,1-5,10-13H2,(H2,18,19,21). The molecule has 25 heavy (non-hydrogen) atoms. The summed E-state index contributed by atoms with van der Waals surface area (Å²) in [5.41, 5.74) is 0.578. The smallest absolute Gasteiger partial charge is 0.319 e. The molecular formula is C17H25N3O4S. The van der Waals surface area contributed by atoms with E-state index in [1.807, 2.05) is 0 Å². The maximum atomic E-state index is 12.6. The molecule has 1 saturated heterocycles. The van der Waals surface area contributed by atoms with E-state index in [9.17, 15) is 13.2 Å². The van der Waals surface area contributed by atoms with Gasteiger partial charge in [0.15, 0.2) is 0 Å². The number of carbonyl (C=O) groups is 1. The summed E-state index contributed by atoms with van der Waals surface area (Å²) in [6, 6.07) is 6.29. The molecule has 8 heteroatoms. The van der Waals surface area contributed by atoms with Crippen LogP contribution >= 0.6 is 0 Å². The van der Waals surface area contributed by atoms with Crippen molar-refractivity contribution in [1.82, 2.24) is 9.62 Å². The first kappa shape index (κ1) is 18.2. The van der Waals surface area contributed by atoms with Crippen molar-refractivity contribution < 1.29 is 17.9 Å². The number of hydrogen-bond acceptors (Lipinski definition) is 4. The zero-order valence-electron chi connectivity index (χ0n) is 14.2. The number of hydrogen-bond donors (Lipinski definition) is 2. The summed E-state index contributed by atoms with van der Waals surface area (Å²) in [5, 5.41) is 5.74. The molecule has 1 aromatic carbocycles. The molecule has 1 aromatic rings. The average Bonchev–Trinajstić information content (AvgIpc) is 2.63. The first-order valence-electron chi connectivity index (χ1n) is 8.81. The Kier molecular flexibility index (Phi) is 5.93. The summed E-state index contributed by atoms with van der Waals surface area (Å²) < 4.78 is 31.7. The second-order valence-electron chi connectivity index (χ2n) is 6.47. The Balaban J connectivity index is 1.58. The summed E-state index contributed by atoms with van der Waals surface area (Å²) in [5.74, 6) is 0. The number of nitrogens with zero attached hydrogens (tertiary/aromatic N) is 1. The van der Waals surface area contributed by atoms with Crippen LogP contribution in [0.15, 0.2) is 29.2 Å². The molecular weight excluding hydrogens is 342 g/mol. The average molecular weight is 367 g/mol. The van der Waals surface area contributed by atoms with Gasteiger partial charge >= 0.3 is 6.03 Å². The normalized spacial score (nSPS) is 20.2. The monoisotopic (exact) mass is 367 g/mol. The molecule has 2 fully saturated rings. The lowest BCUT2D eigenvalue weighted by Gasteiger charge is -2.26. The van der Waals surface area contributed by atoms with Gasteiger partial charge < -0.3 is 15.4 Å². The highest BCUT2D eigenvalue weighted by Gasteiger charge is 2.26. The number of rotatable bonds is 4. The third-order valence-corrected chi connectivity index (χ3v) is 6.57. The van der Waals surface area contributed by atoms with Crippen LogP contribution in [-0.4, -0.2) is 51.1 Å². The first-order chi connectivity index (χ1) is 12.1. The predicted molar refractivity (Wildman–Crippen MR) is 95.0 cm³/mol. The SMILES string of the molecule is O=C(Nc1ccc(S(=O)(=O)N2CCOCC2)cc1)NC1CCCCC1. The van der Waals surface area contributed by atoms with E-state index < -0.39 is 10.0 Å². The minimum atomic E-state index is -3.50. The Morgan fingerprint density at radius 3 is 2.32 bits per heavy atom. The van der Waals surface area contributed by atoms with Gasteiger partial charge in [-0.1, -0.05) is 19.3 Å². The Hall–Kier alpha value is -1.64. The number of sulfonamides is 1. The van der Waals surface area contributed by atoms with Gasteiger partial charge in [0.05, 0.1) is 18.1 Å². The van der Waals surface area contributed by atoms with Crippen molar-refractivity contribution in [2.24, 2.45) is 0 Å². The van der Waals surface area contributed by atoms with E-state index in [4.69, 9.17) is 4.74 Å². The van der Waals surface area contributed by atoms with Crippen LogP contribution in [0.4, 0.5) is 10.5 Å². The first-order valence-corrected chi connectivity index (χ1v) is 10.3. The number of carbonyl (C=O) groups excluding carboxylic acids is 1. The molecule has 0 spiro atoms. The number of ether oxygens (including phenoxy) is 1. The molecule has 1 heterocycles. The number of anilines is 1. The molecule has 138 valence electrons. The van der Waals surface area contributed by atoms with E-state index in [1.54, 1.807) is 12.1 Å². The van der Waals surface area contributed by atoms with Crippen LogP contribution in [0, 0.1) is 0 Å². The fraction of sp³-hybridized carbons (Fsp3) is 0.588. The summed E-state index contributed by atoms with van der Waals surface area (Å²) in [6.07, 6.45) is 5.57. The van der Waals surface area contributed by atoms with Crippen molar-refractivity contribution in [2.75, 3.05) is 31.6 Å². The van der Waals surface area contributed by atoms with E-state index in [0.717, 1.165) is 25.7 Å². The molecule has 0 bridgehead atoms. The predicted octanol–water partition coefficient (Wildman–Crippen LogP) is 2.16. The van der Waals surface area contributed by atoms with Crippen molar-refractivity contribution in [1.29, 1.82) is 0 Å². The maximum absolute atomic E-state index is 12.6. The van der Waals surface area contributed by atoms with Crippen molar-refractivity contribution in [2.45, 2.75) is 43.0 Å². The van der Waals surface area contributed by atoms with Gasteiger partial charge in [-0.05, 0) is 37.1 Å². The molecule has 2 N–H and O–H groups in total. The summed E-state index contributed by atoms with van der Waals surface area (Å²) in [4.78, 5) is 12.3. The van der Waals surface area contributed by atoms with Gasteiger partial charge in [0.2, 0.25) is 10.0 Å². The summed E-state index contributed by atoms with van der Waals surface area (Å²) in [7, 11) is -3.50. The van der Waals surface area contributed by atoms with E-state index in [-0.39, 0.29) is 17.0 Å². The van der Waals surface area contributed by atoms with Gasteiger partial charge in [-0.15, -0.1) is 0 Å². The molecule has 7 nitrogen and oxygen atoms in total. The van der Waals surface area contributed by atoms with E-state index >= 15 is 0 Å². The Morgan fingerprint density at radius 1 is 1.04 bits per heavy atom. The molecule has 0 unspecified atom stereocenters. The van der Waals surface area contributed by atoms with E-state index in [0.29, 0.717) is 32.0 Å². The Bertz CT molecular complexity index is 678. The van der Waals surface area contributed by atoms with Crippen LogP contribution in [-0.2, 0) is 14.8 Å². The molecule has 2 amide bonds. The summed E-state index contributed by atoms with van der Waals surface area (Å²) >= 11 is 0. The molecule has 0 aromatic heterocycles. The molecule has 3 rings (SSSR count). The maximum Gasteiger partial charge on any atom is 0.319 e. The van der Waals surface area contributed by atoms with Crippen molar-refractivity contribution in [3.05, 3.63) is 24.3 Å². The quantitative estimate of drug-likeness (QED) is 0.854. The second-order valence-corrected chi connectivity index (χ2v) is 8.41. The minimum absolute atomic E-state index is 0.229. The molecule has 1 saturated carbocycles. The third-order valence-electron chi connectivity index (χ3n) is 4.66. The molecule has 0 atom stereocenters. The van der Waals surface area contributed by atoms with Gasteiger partial charge in [-0.2, -0.15) is 4.31 Å². The highest BCUT2D eigenvalue weighted by molar-refractivity contribution is 7.89. The van der Waals surface area contributed by atoms with Gasteiger partial charge in [0, 0.05) is 24.8 Å². The highest BCUT2D eigenvalue weighted by Crippen LogP contribution is 2.20. The lowest BCUT2D eigenvalue weighted by Crippen LogP contribution is -2.40. The van der Waals surface area contributed by atoms with Crippen LogP contribution in [0.2, 0.25) is 0 Å². The number of morpholine rings is 1. The minimum Gasteiger partial charge on any atom is -0.379 e. The van der Waals surface area contributed by atoms with Gasteiger partial charge in [-0.25, -0.2) is 13.2 Å². The van der Waals surface area contributed by atoms with Gasteiger partial charge in [-0.3, -0.25) is 0 Å². The van der Waals surface area contributed by atoms with Crippen LogP contribution in [0.1, 0.15) is 32.1 Å². The van der Waals surface area contributed by atoms with Crippen molar-refractivity contribution >= 4 is 21.7 Å².